The molecule has 3 rings (SSSR count). The van der Waals surface area contributed by atoms with Crippen molar-refractivity contribution in [1.82, 2.24) is 15.2 Å². The molecule has 1 saturated heterocycles. The zero-order chi connectivity index (χ0) is 19.4. The van der Waals surface area contributed by atoms with Crippen LogP contribution in [0.15, 0.2) is 24.3 Å². The van der Waals surface area contributed by atoms with E-state index in [9.17, 15) is 0 Å². The lowest BCUT2D eigenvalue weighted by atomic mass is 10.1. The molecule has 5 nitrogen and oxygen atoms in total. The molecule has 2 heterocycles. The number of aromatic nitrogens is 1. The summed E-state index contributed by atoms with van der Waals surface area (Å²) in [7, 11) is 0. The van der Waals surface area contributed by atoms with Crippen molar-refractivity contribution in [3.05, 3.63) is 29.8 Å². The number of anilines is 2. The van der Waals surface area contributed by atoms with Crippen molar-refractivity contribution < 1.29 is 0 Å². The maximum absolute atomic E-state index is 5.41. The van der Waals surface area contributed by atoms with Gasteiger partial charge in [-0.2, -0.15) is 0 Å². The van der Waals surface area contributed by atoms with Gasteiger partial charge in [-0.25, -0.2) is 4.98 Å². The summed E-state index contributed by atoms with van der Waals surface area (Å²) in [6.45, 7) is 14.1. The number of piperazine rings is 1. The van der Waals surface area contributed by atoms with Gasteiger partial charge in [-0.1, -0.05) is 13.8 Å². The van der Waals surface area contributed by atoms with E-state index in [2.05, 4.69) is 72.4 Å². The van der Waals surface area contributed by atoms with E-state index in [-0.39, 0.29) is 0 Å². The molecule has 1 fully saturated rings. The van der Waals surface area contributed by atoms with E-state index in [1.807, 2.05) is 0 Å². The number of thiocarbonyl (C=S) groups is 1. The van der Waals surface area contributed by atoms with E-state index >= 15 is 0 Å². The van der Waals surface area contributed by atoms with Crippen LogP contribution in [0.5, 0.6) is 0 Å². The Morgan fingerprint density at radius 1 is 1.19 bits per heavy atom. The molecule has 0 radical (unpaired) electrons. The number of nitrogens with zero attached hydrogens (tertiary/aromatic N) is 3. The van der Waals surface area contributed by atoms with Gasteiger partial charge in [0.05, 0.1) is 5.52 Å². The van der Waals surface area contributed by atoms with Crippen LogP contribution in [-0.4, -0.2) is 53.8 Å². The van der Waals surface area contributed by atoms with Gasteiger partial charge in [0.25, 0.3) is 0 Å². The summed E-state index contributed by atoms with van der Waals surface area (Å²) >= 11 is 5.41. The zero-order valence-electron chi connectivity index (χ0n) is 16.9. The molecule has 0 spiro atoms. The van der Waals surface area contributed by atoms with Crippen molar-refractivity contribution in [1.29, 1.82) is 0 Å². The maximum atomic E-state index is 5.41. The second-order valence-corrected chi connectivity index (χ2v) is 7.77. The number of pyridine rings is 1. The monoisotopic (exact) mass is 385 g/mol. The molecule has 2 aromatic rings. The number of likely N-dealkylation sites (N-methyl/N-ethyl adjacent to an activating group) is 1. The molecule has 27 heavy (non-hydrogen) atoms. The van der Waals surface area contributed by atoms with Gasteiger partial charge in [-0.3, -0.25) is 0 Å². The van der Waals surface area contributed by atoms with E-state index in [4.69, 9.17) is 17.2 Å². The first-order valence-electron chi connectivity index (χ1n) is 9.96. The fraction of sp³-hybridized carbons (Fsp3) is 0.524. The molecule has 2 N–H and O–H groups in total. The predicted molar refractivity (Wildman–Crippen MR) is 120 cm³/mol. The van der Waals surface area contributed by atoms with Crippen molar-refractivity contribution in [3.8, 4) is 0 Å². The van der Waals surface area contributed by atoms with Gasteiger partial charge in [0, 0.05) is 43.3 Å². The fourth-order valence-electron chi connectivity index (χ4n) is 3.40. The second kappa shape index (κ2) is 8.85. The summed E-state index contributed by atoms with van der Waals surface area (Å²) < 4.78 is 0. The summed E-state index contributed by atoms with van der Waals surface area (Å²) in [6, 6.07) is 8.86. The van der Waals surface area contributed by atoms with Gasteiger partial charge < -0.3 is 20.4 Å². The highest BCUT2D eigenvalue weighted by Crippen LogP contribution is 2.26. The first kappa shape index (κ1) is 19.8. The summed E-state index contributed by atoms with van der Waals surface area (Å²) in [4.78, 5) is 9.81. The third-order valence-electron chi connectivity index (χ3n) is 5.39. The minimum absolute atomic E-state index is 0.365. The predicted octanol–water partition coefficient (Wildman–Crippen LogP) is 3.77. The van der Waals surface area contributed by atoms with Crippen LogP contribution >= 0.6 is 12.2 Å². The Morgan fingerprint density at radius 2 is 1.93 bits per heavy atom. The third-order valence-corrected chi connectivity index (χ3v) is 5.61. The highest BCUT2D eigenvalue weighted by Gasteiger charge is 2.17. The Labute approximate surface area is 168 Å². The molecule has 1 atom stereocenters. The van der Waals surface area contributed by atoms with E-state index < -0.39 is 0 Å². The van der Waals surface area contributed by atoms with Crippen LogP contribution in [-0.2, 0) is 0 Å². The van der Waals surface area contributed by atoms with Crippen molar-refractivity contribution >= 4 is 39.7 Å². The van der Waals surface area contributed by atoms with Crippen molar-refractivity contribution in [2.45, 2.75) is 40.2 Å². The fourth-order valence-corrected chi connectivity index (χ4v) is 3.72. The number of nitrogens with one attached hydrogen (secondary N) is 2. The third kappa shape index (κ3) is 4.87. The molecular formula is C21H31N5S. The Kier molecular flexibility index (Phi) is 6.50. The Morgan fingerprint density at radius 3 is 2.59 bits per heavy atom. The summed E-state index contributed by atoms with van der Waals surface area (Å²) in [5.41, 5.74) is 3.28. The number of fused-ring (bicyclic) bond motifs is 1. The van der Waals surface area contributed by atoms with Gasteiger partial charge in [-0.15, -0.1) is 0 Å². The van der Waals surface area contributed by atoms with Gasteiger partial charge >= 0.3 is 0 Å². The van der Waals surface area contributed by atoms with Crippen molar-refractivity contribution in [2.75, 3.05) is 42.9 Å². The van der Waals surface area contributed by atoms with Crippen LogP contribution in [0.1, 0.15) is 32.8 Å². The number of benzene rings is 1. The van der Waals surface area contributed by atoms with Gasteiger partial charge in [0.1, 0.15) is 5.82 Å². The normalized spacial score (nSPS) is 16.4. The first-order chi connectivity index (χ1) is 13.0. The number of hydrogen-bond donors (Lipinski definition) is 2. The standard InChI is InChI=1S/C21H31N5S/c1-5-16(4)22-21(27)23-17-7-8-19-18(14-17)15(3)13-20(24-19)26-11-9-25(6-2)10-12-26/h7-8,13-14,16H,5-6,9-12H2,1-4H3,(H2,22,23,27)/t16-/m1/s1. The molecule has 6 heteroatoms. The lowest BCUT2D eigenvalue weighted by molar-refractivity contribution is 0.270. The summed E-state index contributed by atoms with van der Waals surface area (Å²) in [5, 5.41) is 8.42. The smallest absolute Gasteiger partial charge is 0.170 e. The average Bonchev–Trinajstić information content (AvgIpc) is 2.68. The van der Waals surface area contributed by atoms with Crippen LogP contribution in [0, 0.1) is 6.92 Å². The van der Waals surface area contributed by atoms with E-state index in [0.717, 1.165) is 56.2 Å². The van der Waals surface area contributed by atoms with Gasteiger partial charge in [-0.05, 0) is 68.9 Å². The molecule has 1 aliphatic rings. The molecule has 1 aromatic heterocycles. The molecule has 0 saturated carbocycles. The maximum Gasteiger partial charge on any atom is 0.170 e. The van der Waals surface area contributed by atoms with Gasteiger partial charge in [0.15, 0.2) is 5.11 Å². The Bertz CT molecular complexity index is 799. The van der Waals surface area contributed by atoms with E-state index in [0.29, 0.717) is 11.2 Å². The lowest BCUT2D eigenvalue weighted by Gasteiger charge is -2.35. The Balaban J connectivity index is 1.76. The van der Waals surface area contributed by atoms with E-state index in [1.54, 1.807) is 0 Å². The summed E-state index contributed by atoms with van der Waals surface area (Å²) in [5.74, 6) is 1.09. The SMILES string of the molecule is CC[C@@H](C)NC(=S)Nc1ccc2nc(N3CCN(CC)CC3)cc(C)c2c1. The minimum Gasteiger partial charge on any atom is -0.360 e. The molecular weight excluding hydrogens is 354 g/mol. The Hall–Kier alpha value is -1.92. The van der Waals surface area contributed by atoms with Gasteiger partial charge in [0.2, 0.25) is 0 Å². The molecule has 0 bridgehead atoms. The molecule has 0 aliphatic carbocycles. The molecule has 1 aromatic carbocycles. The van der Waals surface area contributed by atoms with Crippen molar-refractivity contribution in [2.24, 2.45) is 0 Å². The number of aryl methyl sites for hydroxylation is 1. The number of rotatable bonds is 5. The molecule has 0 amide bonds. The van der Waals surface area contributed by atoms with Crippen molar-refractivity contribution in [3.63, 3.8) is 0 Å². The van der Waals surface area contributed by atoms with Crippen LogP contribution in [0.2, 0.25) is 0 Å². The quantitative estimate of drug-likeness (QED) is 0.764. The average molecular weight is 386 g/mol. The molecule has 0 unspecified atom stereocenters. The lowest BCUT2D eigenvalue weighted by Crippen LogP contribution is -2.46. The largest absolute Gasteiger partial charge is 0.360 e. The summed E-state index contributed by atoms with van der Waals surface area (Å²) in [6.07, 6.45) is 1.04. The zero-order valence-corrected chi connectivity index (χ0v) is 17.7. The van der Waals surface area contributed by atoms with E-state index in [1.165, 1.54) is 10.9 Å². The minimum atomic E-state index is 0.365. The highest BCUT2D eigenvalue weighted by molar-refractivity contribution is 7.80. The molecule has 1 aliphatic heterocycles. The number of hydrogen-bond acceptors (Lipinski definition) is 4. The van der Waals surface area contributed by atoms with Crippen LogP contribution in [0.4, 0.5) is 11.5 Å². The van der Waals surface area contributed by atoms with Crippen LogP contribution in [0.3, 0.4) is 0 Å². The molecule has 146 valence electrons. The second-order valence-electron chi connectivity index (χ2n) is 7.36. The topological polar surface area (TPSA) is 43.4 Å². The highest BCUT2D eigenvalue weighted by atomic mass is 32.1. The first-order valence-corrected chi connectivity index (χ1v) is 10.4. The van der Waals surface area contributed by atoms with Crippen LogP contribution < -0.4 is 15.5 Å². The van der Waals surface area contributed by atoms with Crippen LogP contribution in [0.25, 0.3) is 10.9 Å².